The van der Waals surface area contributed by atoms with Crippen LogP contribution in [0.3, 0.4) is 0 Å². The van der Waals surface area contributed by atoms with Crippen molar-refractivity contribution in [1.82, 2.24) is 0 Å². The van der Waals surface area contributed by atoms with Crippen molar-refractivity contribution in [3.05, 3.63) is 48.0 Å². The number of rotatable bonds is 7. The van der Waals surface area contributed by atoms with Gasteiger partial charge < -0.3 is 4.90 Å². The van der Waals surface area contributed by atoms with Gasteiger partial charge in [-0.05, 0) is 43.2 Å². The zero-order valence-electron chi connectivity index (χ0n) is 17.0. The normalized spacial score (nSPS) is 14.1. The van der Waals surface area contributed by atoms with Crippen LogP contribution >= 0.6 is 11.8 Å². The van der Waals surface area contributed by atoms with Gasteiger partial charge in [0.2, 0.25) is 20.0 Å². The molecule has 0 atom stereocenters. The maximum absolute atomic E-state index is 12.9. The maximum atomic E-state index is 12.9. The van der Waals surface area contributed by atoms with Gasteiger partial charge in [0.1, 0.15) is 0 Å². The monoisotopic (exact) mass is 468 g/mol. The zero-order valence-corrected chi connectivity index (χ0v) is 19.5. The Balaban J connectivity index is 2.17. The second-order valence-electron chi connectivity index (χ2n) is 6.94. The van der Waals surface area contributed by atoms with Gasteiger partial charge in [0, 0.05) is 16.8 Å². The second kappa shape index (κ2) is 8.60. The first-order valence-electron chi connectivity index (χ1n) is 9.57. The Hall–Kier alpha value is -2.04. The lowest BCUT2D eigenvalue weighted by molar-refractivity contribution is 0.0990. The summed E-state index contributed by atoms with van der Waals surface area (Å²) in [5.74, 6) is -0.822. The second-order valence-corrected chi connectivity index (χ2v) is 12.1. The molecular formula is C20H24N2O5S3. The van der Waals surface area contributed by atoms with E-state index in [1.165, 1.54) is 28.8 Å². The first-order chi connectivity index (χ1) is 14.1. The molecule has 0 spiro atoms. The van der Waals surface area contributed by atoms with Crippen LogP contribution in [-0.2, 0) is 20.0 Å². The highest BCUT2D eigenvalue weighted by atomic mass is 32.3. The van der Waals surface area contributed by atoms with Gasteiger partial charge in [-0.15, -0.1) is 0 Å². The molecule has 0 N–H and O–H groups in total. The minimum atomic E-state index is -4.09. The highest BCUT2D eigenvalue weighted by Crippen LogP contribution is 2.43. The Labute approximate surface area is 182 Å². The van der Waals surface area contributed by atoms with Crippen molar-refractivity contribution < 1.29 is 21.6 Å². The highest BCUT2D eigenvalue weighted by molar-refractivity contribution is 8.10. The van der Waals surface area contributed by atoms with Gasteiger partial charge in [-0.25, -0.2) is 16.8 Å². The largest absolute Gasteiger partial charge is 0.310 e. The predicted octanol–water partition coefficient (Wildman–Crippen LogP) is 3.71. The van der Waals surface area contributed by atoms with Crippen molar-refractivity contribution in [3.63, 3.8) is 0 Å². The first kappa shape index (κ1) is 22.6. The Morgan fingerprint density at radius 2 is 1.50 bits per heavy atom. The fourth-order valence-electron chi connectivity index (χ4n) is 3.28. The van der Waals surface area contributed by atoms with Gasteiger partial charge in [0.15, 0.2) is 0 Å². The van der Waals surface area contributed by atoms with Crippen LogP contribution < -0.4 is 8.61 Å². The van der Waals surface area contributed by atoms with E-state index in [9.17, 15) is 21.6 Å². The quantitative estimate of drug-likeness (QED) is 0.615. The molecule has 1 heterocycles. The number of carbonyl (C=O) groups is 1. The number of hydrogen-bond donors (Lipinski definition) is 0. The topological polar surface area (TPSA) is 91.8 Å². The summed E-state index contributed by atoms with van der Waals surface area (Å²) in [6.07, 6.45) is 0.573. The third-order valence-electron chi connectivity index (χ3n) is 4.59. The number of anilines is 2. The van der Waals surface area contributed by atoms with Gasteiger partial charge >= 0.3 is 0 Å². The van der Waals surface area contributed by atoms with Crippen LogP contribution in [0.4, 0.5) is 11.4 Å². The Morgan fingerprint density at radius 1 is 0.900 bits per heavy atom. The number of sulfonamides is 2. The molecule has 1 aliphatic rings. The summed E-state index contributed by atoms with van der Waals surface area (Å²) in [5, 5.41) is 0. The van der Waals surface area contributed by atoms with Crippen molar-refractivity contribution in [2.24, 2.45) is 0 Å². The van der Waals surface area contributed by atoms with Crippen LogP contribution in [0, 0.1) is 0 Å². The molecule has 0 saturated carbocycles. The van der Waals surface area contributed by atoms with Gasteiger partial charge in [0.25, 0.3) is 5.91 Å². The molecule has 0 saturated heterocycles. The average molecular weight is 469 g/mol. The van der Waals surface area contributed by atoms with Crippen molar-refractivity contribution in [2.75, 3.05) is 27.2 Å². The van der Waals surface area contributed by atoms with E-state index in [1.807, 2.05) is 12.1 Å². The Bertz CT molecular complexity index is 1140. The third kappa shape index (κ3) is 4.21. The molecule has 0 aromatic heterocycles. The molecular weight excluding hydrogens is 444 g/mol. The molecule has 30 heavy (non-hydrogen) atoms. The van der Waals surface area contributed by atoms with E-state index in [1.54, 1.807) is 39.1 Å². The summed E-state index contributed by atoms with van der Waals surface area (Å²) in [4.78, 5) is 15.9. The Kier molecular flexibility index (Phi) is 6.49. The third-order valence-corrected chi connectivity index (χ3v) is 10.4. The number of nitrogens with zero attached hydrogens (tertiary/aromatic N) is 2. The van der Waals surface area contributed by atoms with E-state index < -0.39 is 20.0 Å². The molecule has 162 valence electrons. The zero-order chi connectivity index (χ0) is 22.1. The Morgan fingerprint density at radius 3 is 2.10 bits per heavy atom. The van der Waals surface area contributed by atoms with Crippen LogP contribution in [-0.4, -0.2) is 41.3 Å². The number of fused-ring (bicyclic) bond motifs is 2. The summed E-state index contributed by atoms with van der Waals surface area (Å²) in [5.41, 5.74) is 1.01. The lowest BCUT2D eigenvalue weighted by Crippen LogP contribution is -2.40. The fourth-order valence-corrected chi connectivity index (χ4v) is 8.43. The molecule has 1 aliphatic heterocycles. The van der Waals surface area contributed by atoms with Crippen LogP contribution in [0.25, 0.3) is 0 Å². The summed E-state index contributed by atoms with van der Waals surface area (Å²) in [7, 11) is -6.58. The first-order valence-corrected chi connectivity index (χ1v) is 13.6. The van der Waals surface area contributed by atoms with Crippen molar-refractivity contribution >= 4 is 49.1 Å². The van der Waals surface area contributed by atoms with Crippen molar-refractivity contribution in [2.45, 2.75) is 36.5 Å². The van der Waals surface area contributed by atoms with Gasteiger partial charge in [-0.2, -0.15) is 3.71 Å². The minimum Gasteiger partial charge on any atom is -0.310 e. The molecule has 0 radical (unpaired) electrons. The summed E-state index contributed by atoms with van der Waals surface area (Å²) >= 11 is 1.39. The molecule has 2 aromatic carbocycles. The smallest absolute Gasteiger partial charge is 0.259 e. The van der Waals surface area contributed by atoms with E-state index in [0.29, 0.717) is 15.0 Å². The highest BCUT2D eigenvalue weighted by Gasteiger charge is 2.34. The predicted molar refractivity (Wildman–Crippen MR) is 120 cm³/mol. The van der Waals surface area contributed by atoms with E-state index >= 15 is 0 Å². The summed E-state index contributed by atoms with van der Waals surface area (Å²) < 4.78 is 52.0. The number of amides is 1. The molecule has 0 unspecified atom stereocenters. The van der Waals surface area contributed by atoms with Gasteiger partial charge in [-0.3, -0.25) is 4.79 Å². The maximum Gasteiger partial charge on any atom is 0.259 e. The van der Waals surface area contributed by atoms with Gasteiger partial charge in [0.05, 0.1) is 28.4 Å². The standard InChI is InChI=1S/C20H24N2O5S3/c1-4-12-29(24,25)22(30(26,27)13-5-2)15-10-11-19-17(14-15)21(3)20(23)16-8-6-7-9-18(16)28-19/h6-11,14H,4-5,12-13H2,1-3H3. The molecule has 0 bridgehead atoms. The molecule has 3 rings (SSSR count). The minimum absolute atomic E-state index is 0.0156. The number of benzene rings is 2. The fraction of sp³-hybridized carbons (Fsp3) is 0.350. The van der Waals surface area contributed by atoms with Crippen LogP contribution in [0.15, 0.2) is 52.3 Å². The molecule has 10 heteroatoms. The van der Waals surface area contributed by atoms with Crippen LogP contribution in [0.5, 0.6) is 0 Å². The number of carbonyl (C=O) groups excluding carboxylic acids is 1. The number of hydrogen-bond acceptors (Lipinski definition) is 6. The lowest BCUT2D eigenvalue weighted by atomic mass is 10.2. The summed E-state index contributed by atoms with van der Waals surface area (Å²) in [6.45, 7) is 3.36. The molecule has 0 aliphatic carbocycles. The molecule has 1 amide bonds. The van der Waals surface area contributed by atoms with Crippen molar-refractivity contribution in [3.8, 4) is 0 Å². The van der Waals surface area contributed by atoms with Crippen LogP contribution in [0.1, 0.15) is 37.0 Å². The van der Waals surface area contributed by atoms with Crippen molar-refractivity contribution in [1.29, 1.82) is 0 Å². The van der Waals surface area contributed by atoms with E-state index in [0.717, 1.165) is 9.79 Å². The SMILES string of the molecule is CCCS(=O)(=O)N(c1ccc2c(c1)N(C)C(=O)c1ccccc1S2)S(=O)(=O)CCC. The van der Waals surface area contributed by atoms with E-state index in [-0.39, 0.29) is 35.9 Å². The van der Waals surface area contributed by atoms with E-state index in [4.69, 9.17) is 0 Å². The lowest BCUT2D eigenvalue weighted by Gasteiger charge is -2.26. The average Bonchev–Trinajstić information content (AvgIpc) is 2.77. The summed E-state index contributed by atoms with van der Waals surface area (Å²) in [6, 6.07) is 11.8. The van der Waals surface area contributed by atoms with Gasteiger partial charge in [-0.1, -0.05) is 37.7 Å². The van der Waals surface area contributed by atoms with Crippen LogP contribution in [0.2, 0.25) is 0 Å². The molecule has 0 fully saturated rings. The van der Waals surface area contributed by atoms with E-state index in [2.05, 4.69) is 0 Å². The molecule has 2 aromatic rings. The molecule has 7 nitrogen and oxygen atoms in total.